The number of carbonyl (C=O) groups excluding carboxylic acids is 1. The average molecular weight is 306 g/mol. The first kappa shape index (κ1) is 15.4. The lowest BCUT2D eigenvalue weighted by Gasteiger charge is -2.05. The molecule has 0 aliphatic carbocycles. The van der Waals surface area contributed by atoms with Gasteiger partial charge in [0, 0.05) is 17.3 Å². The second kappa shape index (κ2) is 7.17. The summed E-state index contributed by atoms with van der Waals surface area (Å²) in [4.78, 5) is 15.1. The van der Waals surface area contributed by atoms with Gasteiger partial charge in [0.15, 0.2) is 5.71 Å². The first-order valence-electron chi connectivity index (χ1n) is 6.81. The van der Waals surface area contributed by atoms with Gasteiger partial charge in [-0.2, -0.15) is 0 Å². The molecule has 0 saturated heterocycles. The third-order valence-electron chi connectivity index (χ3n) is 3.04. The van der Waals surface area contributed by atoms with Gasteiger partial charge in [-0.15, -0.1) is 11.8 Å². The van der Waals surface area contributed by atoms with E-state index < -0.39 is 5.97 Å². The van der Waals surface area contributed by atoms with Crippen LogP contribution >= 0.6 is 11.8 Å². The van der Waals surface area contributed by atoms with E-state index in [1.807, 2.05) is 24.3 Å². The molecule has 1 aromatic carbocycles. The summed E-state index contributed by atoms with van der Waals surface area (Å²) in [6.07, 6.45) is 0.238. The largest absolute Gasteiger partial charge is 0.461 e. The lowest BCUT2D eigenvalue weighted by atomic mass is 10.1. The fourth-order valence-corrected chi connectivity index (χ4v) is 2.98. The maximum absolute atomic E-state index is 11.8. The summed E-state index contributed by atoms with van der Waals surface area (Å²) in [7, 11) is 0. The Morgan fingerprint density at radius 3 is 2.81 bits per heavy atom. The predicted molar refractivity (Wildman–Crippen MR) is 84.3 cm³/mol. The number of aromatic nitrogens is 1. The second-order valence-corrected chi connectivity index (χ2v) is 5.63. The molecule has 0 bridgehead atoms. The van der Waals surface area contributed by atoms with E-state index in [0.29, 0.717) is 0 Å². The Morgan fingerprint density at radius 1 is 1.38 bits per heavy atom. The summed E-state index contributed by atoms with van der Waals surface area (Å²) in [5.41, 5.74) is 1.97. The highest BCUT2D eigenvalue weighted by molar-refractivity contribution is 7.99. The van der Waals surface area contributed by atoms with Gasteiger partial charge in [0.2, 0.25) is 0 Å². The molecule has 0 spiro atoms. The van der Waals surface area contributed by atoms with Crippen LogP contribution in [0.2, 0.25) is 0 Å². The van der Waals surface area contributed by atoms with Gasteiger partial charge >= 0.3 is 5.97 Å². The van der Waals surface area contributed by atoms with Crippen LogP contribution in [0.25, 0.3) is 10.9 Å². The number of hydrogen-bond acceptors (Lipinski definition) is 5. The number of fused-ring (bicyclic) bond motifs is 1. The van der Waals surface area contributed by atoms with Crippen molar-refractivity contribution in [3.8, 4) is 0 Å². The minimum atomic E-state index is -0.585. The van der Waals surface area contributed by atoms with Crippen molar-refractivity contribution in [1.82, 2.24) is 4.98 Å². The lowest BCUT2D eigenvalue weighted by molar-refractivity contribution is -0.135. The summed E-state index contributed by atoms with van der Waals surface area (Å²) >= 11 is 1.66. The van der Waals surface area contributed by atoms with E-state index >= 15 is 0 Å². The number of thioether (sulfide) groups is 1. The van der Waals surface area contributed by atoms with Crippen LogP contribution in [0.3, 0.4) is 0 Å². The number of H-pyrrole nitrogens is 1. The number of para-hydroxylation sites is 1. The van der Waals surface area contributed by atoms with Crippen molar-refractivity contribution in [1.29, 1.82) is 0 Å². The Morgan fingerprint density at radius 2 is 2.14 bits per heavy atom. The van der Waals surface area contributed by atoms with Crippen molar-refractivity contribution in [3.63, 3.8) is 0 Å². The predicted octanol–water partition coefficient (Wildman–Crippen LogP) is 3.22. The normalized spacial score (nSPS) is 11.8. The number of benzene rings is 1. The maximum Gasteiger partial charge on any atom is 0.356 e. The number of hydrogen-bond donors (Lipinski definition) is 2. The fourth-order valence-electron chi connectivity index (χ4n) is 2.15. The molecule has 0 saturated carbocycles. The summed E-state index contributed by atoms with van der Waals surface area (Å²) in [6, 6.07) is 7.87. The lowest BCUT2D eigenvalue weighted by Crippen LogP contribution is -2.20. The molecule has 6 heteroatoms. The van der Waals surface area contributed by atoms with Crippen LogP contribution in [0.15, 0.2) is 34.4 Å². The average Bonchev–Trinajstić information content (AvgIpc) is 2.83. The quantitative estimate of drug-likeness (QED) is 0.282. The SMILES string of the molecule is CCOC(=O)/C(Cc1c(SCC)[nH]c2ccccc12)=N/O. The molecule has 0 atom stereocenters. The molecule has 1 aromatic heterocycles. The third kappa shape index (κ3) is 3.39. The molecule has 112 valence electrons. The Labute approximate surface area is 127 Å². The number of ether oxygens (including phenoxy) is 1. The van der Waals surface area contributed by atoms with E-state index in [1.165, 1.54) is 0 Å². The molecule has 2 rings (SSSR count). The van der Waals surface area contributed by atoms with Gasteiger partial charge in [-0.1, -0.05) is 30.3 Å². The number of carbonyl (C=O) groups is 1. The zero-order valence-corrected chi connectivity index (χ0v) is 12.9. The minimum Gasteiger partial charge on any atom is -0.461 e. The Bertz CT molecular complexity index is 664. The Hall–Kier alpha value is -1.95. The molecule has 21 heavy (non-hydrogen) atoms. The number of oxime groups is 1. The van der Waals surface area contributed by atoms with Crippen LogP contribution in [-0.4, -0.2) is 34.2 Å². The van der Waals surface area contributed by atoms with Crippen LogP contribution in [0.1, 0.15) is 19.4 Å². The van der Waals surface area contributed by atoms with Crippen LogP contribution in [0.4, 0.5) is 0 Å². The van der Waals surface area contributed by atoms with Crippen molar-refractivity contribution < 1.29 is 14.7 Å². The molecule has 2 aromatic rings. The van der Waals surface area contributed by atoms with Gasteiger partial charge in [-0.25, -0.2) is 4.79 Å². The zero-order valence-electron chi connectivity index (χ0n) is 12.0. The van der Waals surface area contributed by atoms with Crippen molar-refractivity contribution in [3.05, 3.63) is 29.8 Å². The van der Waals surface area contributed by atoms with Crippen molar-refractivity contribution in [2.45, 2.75) is 25.3 Å². The van der Waals surface area contributed by atoms with Crippen LogP contribution in [-0.2, 0) is 16.0 Å². The highest BCUT2D eigenvalue weighted by Crippen LogP contribution is 2.30. The number of aromatic amines is 1. The topological polar surface area (TPSA) is 74.7 Å². The molecular formula is C15H18N2O3S. The monoisotopic (exact) mass is 306 g/mol. The minimum absolute atomic E-state index is 0.0135. The number of esters is 1. The van der Waals surface area contributed by atoms with Gasteiger partial charge in [0.1, 0.15) is 0 Å². The highest BCUT2D eigenvalue weighted by atomic mass is 32.2. The molecule has 5 nitrogen and oxygen atoms in total. The summed E-state index contributed by atoms with van der Waals surface area (Å²) in [6.45, 7) is 4.03. The molecular weight excluding hydrogens is 288 g/mol. The third-order valence-corrected chi connectivity index (χ3v) is 3.96. The first-order valence-corrected chi connectivity index (χ1v) is 7.80. The highest BCUT2D eigenvalue weighted by Gasteiger charge is 2.19. The smallest absolute Gasteiger partial charge is 0.356 e. The van der Waals surface area contributed by atoms with E-state index in [1.54, 1.807) is 18.7 Å². The van der Waals surface area contributed by atoms with Gasteiger partial charge in [-0.05, 0) is 24.3 Å². The van der Waals surface area contributed by atoms with E-state index in [4.69, 9.17) is 9.94 Å². The first-order chi connectivity index (χ1) is 10.2. The van der Waals surface area contributed by atoms with Gasteiger partial charge < -0.3 is 14.9 Å². The second-order valence-electron chi connectivity index (χ2n) is 4.36. The molecule has 0 aliphatic rings. The van der Waals surface area contributed by atoms with E-state index in [2.05, 4.69) is 17.1 Å². The van der Waals surface area contributed by atoms with Crippen molar-refractivity contribution in [2.24, 2.45) is 5.16 Å². The molecule has 1 heterocycles. The van der Waals surface area contributed by atoms with Gasteiger partial charge in [-0.3, -0.25) is 0 Å². The standard InChI is InChI=1S/C15H18N2O3S/c1-3-20-15(18)13(17-19)9-11-10-7-5-6-8-12(10)16-14(11)21-4-2/h5-8,16,19H,3-4,9H2,1-2H3/b17-13+. The summed E-state index contributed by atoms with van der Waals surface area (Å²) in [5, 5.41) is 14.2. The Kier molecular flexibility index (Phi) is 5.27. The van der Waals surface area contributed by atoms with Gasteiger partial charge in [0.05, 0.1) is 11.6 Å². The molecule has 0 amide bonds. The molecule has 0 fully saturated rings. The maximum atomic E-state index is 11.8. The van der Waals surface area contributed by atoms with E-state index in [-0.39, 0.29) is 18.7 Å². The number of nitrogens with zero attached hydrogens (tertiary/aromatic N) is 1. The van der Waals surface area contributed by atoms with Crippen LogP contribution in [0, 0.1) is 0 Å². The fraction of sp³-hybridized carbons (Fsp3) is 0.333. The molecule has 0 radical (unpaired) electrons. The van der Waals surface area contributed by atoms with Gasteiger partial charge in [0.25, 0.3) is 0 Å². The summed E-state index contributed by atoms with van der Waals surface area (Å²) < 4.78 is 4.91. The number of rotatable bonds is 6. The van der Waals surface area contributed by atoms with Crippen molar-refractivity contribution in [2.75, 3.05) is 12.4 Å². The van der Waals surface area contributed by atoms with E-state index in [9.17, 15) is 4.79 Å². The van der Waals surface area contributed by atoms with E-state index in [0.717, 1.165) is 27.2 Å². The van der Waals surface area contributed by atoms with Crippen molar-refractivity contribution >= 4 is 34.3 Å². The zero-order chi connectivity index (χ0) is 15.2. The number of nitrogens with one attached hydrogen (secondary N) is 1. The molecule has 0 unspecified atom stereocenters. The van der Waals surface area contributed by atoms with Crippen LogP contribution in [0.5, 0.6) is 0 Å². The summed E-state index contributed by atoms with van der Waals surface area (Å²) in [5.74, 6) is 0.322. The molecule has 2 N–H and O–H groups in total. The Balaban J connectivity index is 2.39. The molecule has 0 aliphatic heterocycles. The van der Waals surface area contributed by atoms with Crippen LogP contribution < -0.4 is 0 Å².